The Kier molecular flexibility index (Phi) is 3.45. The number of aromatic amines is 1. The number of ether oxygens (including phenoxy) is 2. The normalized spacial score (nSPS) is 24.9. The summed E-state index contributed by atoms with van der Waals surface area (Å²) in [7, 11) is 1.30. The Morgan fingerprint density at radius 2 is 2.20 bits per heavy atom. The molecule has 7 nitrogen and oxygen atoms in total. The summed E-state index contributed by atoms with van der Waals surface area (Å²) in [5.41, 5.74) is -0.825. The van der Waals surface area contributed by atoms with Gasteiger partial charge in [-0.15, -0.1) is 0 Å². The fourth-order valence-corrected chi connectivity index (χ4v) is 2.20. The summed E-state index contributed by atoms with van der Waals surface area (Å²) in [6, 6.07) is 0. The van der Waals surface area contributed by atoms with Crippen LogP contribution in [0.5, 0.6) is 0 Å². The zero-order valence-corrected chi connectivity index (χ0v) is 12.0. The molecule has 2 rings (SSSR count). The maximum Gasteiger partial charge on any atom is 0.408 e. The fraction of sp³-hybridized carbons (Fsp3) is 0.615. The molecule has 1 fully saturated rings. The number of amides is 1. The molecule has 0 aromatic carbocycles. The molecule has 1 heterocycles. The fourth-order valence-electron chi connectivity index (χ4n) is 2.20. The van der Waals surface area contributed by atoms with Crippen LogP contribution in [0, 0.1) is 0 Å². The second-order valence-corrected chi connectivity index (χ2v) is 5.88. The SMILES string of the molecule is COC(=O)C1(NC(=O)OC(C)(C)C)CC1c1cn[nH]c1. The number of hydrogen-bond donors (Lipinski definition) is 2. The Bertz CT molecular complexity index is 506. The van der Waals surface area contributed by atoms with Gasteiger partial charge in [0.1, 0.15) is 11.1 Å². The van der Waals surface area contributed by atoms with E-state index < -0.39 is 23.2 Å². The second-order valence-electron chi connectivity index (χ2n) is 5.88. The van der Waals surface area contributed by atoms with E-state index in [0.717, 1.165) is 5.56 Å². The van der Waals surface area contributed by atoms with Crippen LogP contribution < -0.4 is 5.32 Å². The number of methoxy groups -OCH3 is 1. The molecule has 7 heteroatoms. The largest absolute Gasteiger partial charge is 0.467 e. The van der Waals surface area contributed by atoms with Gasteiger partial charge in [-0.1, -0.05) is 0 Å². The van der Waals surface area contributed by atoms with Gasteiger partial charge in [0.05, 0.1) is 13.3 Å². The first-order valence-corrected chi connectivity index (χ1v) is 6.37. The number of nitrogens with one attached hydrogen (secondary N) is 2. The van der Waals surface area contributed by atoms with Gasteiger partial charge < -0.3 is 14.8 Å². The van der Waals surface area contributed by atoms with Crippen LogP contribution in [0.15, 0.2) is 12.4 Å². The van der Waals surface area contributed by atoms with Gasteiger partial charge in [0.15, 0.2) is 0 Å². The van der Waals surface area contributed by atoms with E-state index in [2.05, 4.69) is 15.5 Å². The molecule has 110 valence electrons. The van der Waals surface area contributed by atoms with Crippen LogP contribution in [-0.4, -0.2) is 40.5 Å². The molecule has 2 N–H and O–H groups in total. The van der Waals surface area contributed by atoms with Gasteiger partial charge in [0.25, 0.3) is 0 Å². The number of nitrogens with zero attached hydrogens (tertiary/aromatic N) is 1. The van der Waals surface area contributed by atoms with Crippen LogP contribution >= 0.6 is 0 Å². The van der Waals surface area contributed by atoms with Crippen molar-refractivity contribution in [2.45, 2.75) is 44.2 Å². The van der Waals surface area contributed by atoms with Crippen LogP contribution in [-0.2, 0) is 14.3 Å². The maximum absolute atomic E-state index is 12.0. The van der Waals surface area contributed by atoms with E-state index in [0.29, 0.717) is 6.42 Å². The summed E-state index contributed by atoms with van der Waals surface area (Å²) in [6.45, 7) is 5.29. The number of carbonyl (C=O) groups is 2. The van der Waals surface area contributed by atoms with Gasteiger partial charge in [-0.25, -0.2) is 9.59 Å². The molecule has 2 atom stereocenters. The molecule has 0 radical (unpaired) electrons. The minimum atomic E-state index is -1.05. The van der Waals surface area contributed by atoms with Crippen LogP contribution in [0.1, 0.15) is 38.7 Å². The molecule has 20 heavy (non-hydrogen) atoms. The standard InChI is InChI=1S/C13H19N3O4/c1-12(2,3)20-11(18)16-13(10(17)19-4)5-9(13)8-6-14-15-7-8/h6-7,9H,5H2,1-4H3,(H,14,15)(H,16,18). The molecular weight excluding hydrogens is 262 g/mol. The molecular formula is C13H19N3O4. The van der Waals surface area contributed by atoms with E-state index in [1.165, 1.54) is 7.11 Å². The van der Waals surface area contributed by atoms with Gasteiger partial charge in [-0.2, -0.15) is 5.10 Å². The molecule has 1 aliphatic rings. The molecule has 0 spiro atoms. The van der Waals surface area contributed by atoms with E-state index >= 15 is 0 Å². The Morgan fingerprint density at radius 3 is 2.70 bits per heavy atom. The van der Waals surface area contributed by atoms with Gasteiger partial charge >= 0.3 is 12.1 Å². The Balaban J connectivity index is 2.11. The third kappa shape index (κ3) is 2.76. The highest BCUT2D eigenvalue weighted by Gasteiger charge is 2.63. The van der Waals surface area contributed by atoms with E-state index in [9.17, 15) is 9.59 Å². The molecule has 2 unspecified atom stereocenters. The van der Waals surface area contributed by atoms with Crippen molar-refractivity contribution in [2.24, 2.45) is 0 Å². The van der Waals surface area contributed by atoms with Gasteiger partial charge in [0.2, 0.25) is 0 Å². The average Bonchev–Trinajstić information content (AvgIpc) is 2.82. The lowest BCUT2D eigenvalue weighted by atomic mass is 10.1. The molecule has 1 amide bonds. The second kappa shape index (κ2) is 4.81. The molecule has 1 aliphatic carbocycles. The van der Waals surface area contributed by atoms with Crippen molar-refractivity contribution in [3.63, 3.8) is 0 Å². The van der Waals surface area contributed by atoms with Crippen molar-refractivity contribution in [3.8, 4) is 0 Å². The molecule has 0 aliphatic heterocycles. The molecule has 1 aromatic heterocycles. The summed E-state index contributed by atoms with van der Waals surface area (Å²) in [5.74, 6) is -0.629. The number of aromatic nitrogens is 2. The molecule has 0 bridgehead atoms. The Hall–Kier alpha value is -2.05. The summed E-state index contributed by atoms with van der Waals surface area (Å²) in [6.07, 6.45) is 3.17. The molecule has 0 saturated heterocycles. The van der Waals surface area contributed by atoms with Crippen molar-refractivity contribution in [1.29, 1.82) is 0 Å². The topological polar surface area (TPSA) is 93.3 Å². The predicted molar refractivity (Wildman–Crippen MR) is 70.1 cm³/mol. The van der Waals surface area contributed by atoms with Gasteiger partial charge in [-0.3, -0.25) is 5.10 Å². The van der Waals surface area contributed by atoms with Crippen LogP contribution in [0.25, 0.3) is 0 Å². The third-order valence-corrected chi connectivity index (χ3v) is 3.16. The van der Waals surface area contributed by atoms with Gasteiger partial charge in [-0.05, 0) is 32.8 Å². The van der Waals surface area contributed by atoms with Crippen LogP contribution in [0.4, 0.5) is 4.79 Å². The number of H-pyrrole nitrogens is 1. The first kappa shape index (κ1) is 14.4. The summed E-state index contributed by atoms with van der Waals surface area (Å²) < 4.78 is 9.99. The van der Waals surface area contributed by atoms with Crippen LogP contribution in [0.3, 0.4) is 0 Å². The first-order valence-electron chi connectivity index (χ1n) is 6.37. The summed E-state index contributed by atoms with van der Waals surface area (Å²) >= 11 is 0. The van der Waals surface area contributed by atoms with Crippen molar-refractivity contribution in [2.75, 3.05) is 7.11 Å². The molecule has 1 saturated carbocycles. The van der Waals surface area contributed by atoms with Gasteiger partial charge in [0, 0.05) is 12.1 Å². The zero-order valence-electron chi connectivity index (χ0n) is 12.0. The number of carbonyl (C=O) groups excluding carboxylic acids is 2. The van der Waals surface area contributed by atoms with Crippen molar-refractivity contribution in [3.05, 3.63) is 18.0 Å². The highest BCUT2D eigenvalue weighted by atomic mass is 16.6. The van der Waals surface area contributed by atoms with Crippen molar-refractivity contribution >= 4 is 12.1 Å². The lowest BCUT2D eigenvalue weighted by Gasteiger charge is -2.23. The lowest BCUT2D eigenvalue weighted by molar-refractivity contribution is -0.144. The minimum Gasteiger partial charge on any atom is -0.467 e. The minimum absolute atomic E-state index is 0.152. The predicted octanol–water partition coefficient (Wildman–Crippen LogP) is 1.33. The number of alkyl carbamates (subject to hydrolysis) is 1. The van der Waals surface area contributed by atoms with Crippen LogP contribution in [0.2, 0.25) is 0 Å². The van der Waals surface area contributed by atoms with E-state index in [1.807, 2.05) is 0 Å². The lowest BCUT2D eigenvalue weighted by Crippen LogP contribution is -2.47. The molecule has 1 aromatic rings. The maximum atomic E-state index is 12.0. The highest BCUT2D eigenvalue weighted by molar-refractivity contribution is 5.91. The first-order chi connectivity index (χ1) is 9.28. The number of rotatable bonds is 3. The third-order valence-electron chi connectivity index (χ3n) is 3.16. The van der Waals surface area contributed by atoms with E-state index in [4.69, 9.17) is 9.47 Å². The smallest absolute Gasteiger partial charge is 0.408 e. The summed E-state index contributed by atoms with van der Waals surface area (Å²) in [4.78, 5) is 23.9. The number of hydrogen-bond acceptors (Lipinski definition) is 5. The van der Waals surface area contributed by atoms with Crippen molar-refractivity contribution < 1.29 is 19.1 Å². The van der Waals surface area contributed by atoms with E-state index in [-0.39, 0.29) is 5.92 Å². The Morgan fingerprint density at radius 1 is 1.50 bits per heavy atom. The number of esters is 1. The average molecular weight is 281 g/mol. The monoisotopic (exact) mass is 281 g/mol. The van der Waals surface area contributed by atoms with Crippen molar-refractivity contribution in [1.82, 2.24) is 15.5 Å². The van der Waals surface area contributed by atoms with E-state index in [1.54, 1.807) is 33.2 Å². The highest BCUT2D eigenvalue weighted by Crippen LogP contribution is 2.52. The summed E-state index contributed by atoms with van der Waals surface area (Å²) in [5, 5.41) is 9.18. The Labute approximate surface area is 117 Å². The quantitative estimate of drug-likeness (QED) is 0.815. The zero-order chi connectivity index (χ0) is 15.0.